The molecule has 0 aliphatic heterocycles. The van der Waals surface area contributed by atoms with Crippen molar-refractivity contribution in [3.8, 4) is 11.4 Å². The molecule has 0 spiro atoms. The Hall–Kier alpha value is -2.76. The van der Waals surface area contributed by atoms with Crippen molar-refractivity contribution >= 4 is 17.0 Å². The number of aromatic carboxylic acids is 1. The van der Waals surface area contributed by atoms with Gasteiger partial charge in [-0.1, -0.05) is 0 Å². The molecule has 0 radical (unpaired) electrons. The van der Waals surface area contributed by atoms with E-state index in [0.717, 1.165) is 6.07 Å². The number of carbonyl (C=O) groups is 1. The summed E-state index contributed by atoms with van der Waals surface area (Å²) in [7, 11) is 0. The van der Waals surface area contributed by atoms with Crippen LogP contribution >= 0.6 is 0 Å². The minimum Gasteiger partial charge on any atom is -0.478 e. The van der Waals surface area contributed by atoms with Crippen LogP contribution in [0, 0.1) is 18.6 Å². The number of carboxylic acid groups (broad SMARTS) is 1. The molecule has 0 amide bonds. The number of nitrogens with zero attached hydrogens (tertiary/aromatic N) is 1. The van der Waals surface area contributed by atoms with Gasteiger partial charge in [0, 0.05) is 11.6 Å². The Morgan fingerprint density at radius 2 is 1.95 bits per heavy atom. The number of aryl methyl sites for hydroxylation is 1. The van der Waals surface area contributed by atoms with Crippen LogP contribution in [0.2, 0.25) is 0 Å². The maximum Gasteiger partial charge on any atom is 0.338 e. The van der Waals surface area contributed by atoms with Crippen molar-refractivity contribution in [3.63, 3.8) is 0 Å². The number of hydrogen-bond donors (Lipinski definition) is 2. The number of imidazole rings is 1. The van der Waals surface area contributed by atoms with Gasteiger partial charge >= 0.3 is 5.97 Å². The van der Waals surface area contributed by atoms with E-state index in [2.05, 4.69) is 9.97 Å². The average Bonchev–Trinajstić information content (AvgIpc) is 2.83. The second-order valence-corrected chi connectivity index (χ2v) is 4.70. The van der Waals surface area contributed by atoms with Gasteiger partial charge in [0.1, 0.15) is 17.5 Å². The Morgan fingerprint density at radius 3 is 2.62 bits per heavy atom. The standard InChI is InChI=1S/C15H10F2N2O2/c1-7-4-8(2-3-10(7)16)14-18-12-5-9(15(20)21)11(17)6-13(12)19-14/h2-6H,1H3,(H,18,19)(H,20,21). The number of halogens is 2. The minimum absolute atomic E-state index is 0.325. The first-order valence-corrected chi connectivity index (χ1v) is 6.15. The van der Waals surface area contributed by atoms with Gasteiger partial charge in [0.25, 0.3) is 0 Å². The molecule has 0 saturated carbocycles. The Morgan fingerprint density at radius 1 is 1.19 bits per heavy atom. The minimum atomic E-state index is -1.35. The predicted molar refractivity (Wildman–Crippen MR) is 73.1 cm³/mol. The number of benzene rings is 2. The van der Waals surface area contributed by atoms with Crippen molar-refractivity contribution in [2.45, 2.75) is 6.92 Å². The van der Waals surface area contributed by atoms with Gasteiger partial charge in [-0.2, -0.15) is 0 Å². The highest BCUT2D eigenvalue weighted by Crippen LogP contribution is 2.24. The lowest BCUT2D eigenvalue weighted by molar-refractivity contribution is 0.0692. The fourth-order valence-electron chi connectivity index (χ4n) is 2.12. The van der Waals surface area contributed by atoms with E-state index in [9.17, 15) is 13.6 Å². The molecule has 0 atom stereocenters. The molecule has 0 bridgehead atoms. The zero-order chi connectivity index (χ0) is 15.1. The molecule has 0 aliphatic carbocycles. The Bertz CT molecular complexity index is 871. The fourth-order valence-corrected chi connectivity index (χ4v) is 2.12. The molecule has 2 aromatic carbocycles. The van der Waals surface area contributed by atoms with Crippen molar-refractivity contribution in [2.24, 2.45) is 0 Å². The normalized spacial score (nSPS) is 11.0. The monoisotopic (exact) mass is 288 g/mol. The lowest BCUT2D eigenvalue weighted by atomic mass is 10.1. The van der Waals surface area contributed by atoms with Crippen LogP contribution in [0.5, 0.6) is 0 Å². The summed E-state index contributed by atoms with van der Waals surface area (Å²) in [6.45, 7) is 1.63. The number of rotatable bonds is 2. The molecule has 3 rings (SSSR count). The maximum atomic E-state index is 13.6. The zero-order valence-corrected chi connectivity index (χ0v) is 10.9. The van der Waals surface area contributed by atoms with Gasteiger partial charge < -0.3 is 10.1 Å². The number of H-pyrrole nitrogens is 1. The second kappa shape index (κ2) is 4.66. The summed E-state index contributed by atoms with van der Waals surface area (Å²) in [4.78, 5) is 18.0. The summed E-state index contributed by atoms with van der Waals surface area (Å²) in [5.74, 6) is -2.08. The van der Waals surface area contributed by atoms with E-state index in [1.807, 2.05) is 0 Å². The van der Waals surface area contributed by atoms with E-state index in [1.54, 1.807) is 19.1 Å². The van der Waals surface area contributed by atoms with Gasteiger partial charge in [-0.15, -0.1) is 0 Å². The predicted octanol–water partition coefficient (Wildman–Crippen LogP) is 3.51. The highest BCUT2D eigenvalue weighted by Gasteiger charge is 2.14. The van der Waals surface area contributed by atoms with Crippen molar-refractivity contribution in [1.29, 1.82) is 0 Å². The molecule has 1 aromatic heterocycles. The van der Waals surface area contributed by atoms with Crippen molar-refractivity contribution in [3.05, 3.63) is 53.1 Å². The highest BCUT2D eigenvalue weighted by molar-refractivity contribution is 5.93. The average molecular weight is 288 g/mol. The molecule has 106 valence electrons. The van der Waals surface area contributed by atoms with Crippen LogP contribution in [0.1, 0.15) is 15.9 Å². The summed E-state index contributed by atoms with van der Waals surface area (Å²) < 4.78 is 26.9. The molecule has 4 nitrogen and oxygen atoms in total. The number of nitrogens with one attached hydrogen (secondary N) is 1. The van der Waals surface area contributed by atoms with Gasteiger partial charge in [0.2, 0.25) is 0 Å². The number of aromatic nitrogens is 2. The quantitative estimate of drug-likeness (QED) is 0.758. The lowest BCUT2D eigenvalue weighted by Gasteiger charge is -1.99. The summed E-state index contributed by atoms with van der Waals surface area (Å²) in [6, 6.07) is 6.74. The first-order valence-electron chi connectivity index (χ1n) is 6.15. The van der Waals surface area contributed by atoms with E-state index in [0.29, 0.717) is 28.0 Å². The Labute approximate surface area is 118 Å². The first kappa shape index (κ1) is 13.2. The van der Waals surface area contributed by atoms with Gasteiger partial charge in [0.15, 0.2) is 0 Å². The molecule has 0 fully saturated rings. The van der Waals surface area contributed by atoms with Crippen LogP contribution < -0.4 is 0 Å². The van der Waals surface area contributed by atoms with E-state index >= 15 is 0 Å². The third-order valence-corrected chi connectivity index (χ3v) is 3.23. The van der Waals surface area contributed by atoms with Crippen LogP contribution in [0.4, 0.5) is 8.78 Å². The number of aromatic amines is 1. The third-order valence-electron chi connectivity index (χ3n) is 3.23. The topological polar surface area (TPSA) is 66.0 Å². The molecular weight excluding hydrogens is 278 g/mol. The Kier molecular flexibility index (Phi) is 2.94. The molecule has 0 aliphatic rings. The molecule has 1 heterocycles. The molecule has 2 N–H and O–H groups in total. The second-order valence-electron chi connectivity index (χ2n) is 4.70. The third kappa shape index (κ3) is 2.24. The van der Waals surface area contributed by atoms with Gasteiger partial charge in [0.05, 0.1) is 16.6 Å². The Balaban J connectivity index is 2.16. The summed E-state index contributed by atoms with van der Waals surface area (Å²) >= 11 is 0. The summed E-state index contributed by atoms with van der Waals surface area (Å²) in [5, 5.41) is 8.90. The van der Waals surface area contributed by atoms with Crippen LogP contribution in [0.15, 0.2) is 30.3 Å². The van der Waals surface area contributed by atoms with Gasteiger partial charge in [-0.05, 0) is 36.8 Å². The summed E-state index contributed by atoms with van der Waals surface area (Å²) in [6.07, 6.45) is 0. The molecule has 3 aromatic rings. The van der Waals surface area contributed by atoms with Crippen LogP contribution in [0.3, 0.4) is 0 Å². The van der Waals surface area contributed by atoms with E-state index in [-0.39, 0.29) is 5.82 Å². The van der Waals surface area contributed by atoms with E-state index < -0.39 is 17.3 Å². The molecule has 21 heavy (non-hydrogen) atoms. The smallest absolute Gasteiger partial charge is 0.338 e. The number of fused-ring (bicyclic) bond motifs is 1. The fraction of sp³-hybridized carbons (Fsp3) is 0.0667. The van der Waals surface area contributed by atoms with Crippen molar-refractivity contribution in [2.75, 3.05) is 0 Å². The summed E-state index contributed by atoms with van der Waals surface area (Å²) in [5.41, 5.74) is 1.39. The molecule has 0 saturated heterocycles. The SMILES string of the molecule is Cc1cc(-c2nc3cc(C(=O)O)c(F)cc3[nH]2)ccc1F. The number of hydrogen-bond acceptors (Lipinski definition) is 2. The zero-order valence-electron chi connectivity index (χ0n) is 10.9. The lowest BCUT2D eigenvalue weighted by Crippen LogP contribution is -1.99. The molecule has 0 unspecified atom stereocenters. The first-order chi connectivity index (χ1) is 9.95. The highest BCUT2D eigenvalue weighted by atomic mass is 19.1. The van der Waals surface area contributed by atoms with Crippen LogP contribution in [0.25, 0.3) is 22.4 Å². The maximum absolute atomic E-state index is 13.6. The molecule has 6 heteroatoms. The van der Waals surface area contributed by atoms with Crippen LogP contribution in [-0.2, 0) is 0 Å². The number of carboxylic acids is 1. The van der Waals surface area contributed by atoms with E-state index in [4.69, 9.17) is 5.11 Å². The van der Waals surface area contributed by atoms with Crippen LogP contribution in [-0.4, -0.2) is 21.0 Å². The van der Waals surface area contributed by atoms with Gasteiger partial charge in [-0.25, -0.2) is 18.6 Å². The largest absolute Gasteiger partial charge is 0.478 e. The van der Waals surface area contributed by atoms with Crippen molar-refractivity contribution in [1.82, 2.24) is 9.97 Å². The van der Waals surface area contributed by atoms with Gasteiger partial charge in [-0.3, -0.25) is 0 Å². The van der Waals surface area contributed by atoms with E-state index in [1.165, 1.54) is 12.1 Å². The van der Waals surface area contributed by atoms with Crippen molar-refractivity contribution < 1.29 is 18.7 Å². The molecular formula is C15H10F2N2O2.